The molecular formula is C21H16F2N2O2S. The van der Waals surface area contributed by atoms with Crippen LogP contribution in [0.2, 0.25) is 0 Å². The van der Waals surface area contributed by atoms with Gasteiger partial charge in [0, 0.05) is 11.6 Å². The van der Waals surface area contributed by atoms with Gasteiger partial charge in [-0.3, -0.25) is 10.1 Å². The number of halogens is 2. The Morgan fingerprint density at radius 2 is 1.75 bits per heavy atom. The molecule has 0 unspecified atom stereocenters. The molecule has 1 amide bonds. The van der Waals surface area contributed by atoms with Gasteiger partial charge in [-0.05, 0) is 48.1 Å². The van der Waals surface area contributed by atoms with E-state index in [0.717, 1.165) is 17.7 Å². The van der Waals surface area contributed by atoms with Gasteiger partial charge in [0.1, 0.15) is 24.0 Å². The zero-order valence-electron chi connectivity index (χ0n) is 14.6. The third kappa shape index (κ3) is 5.34. The van der Waals surface area contributed by atoms with Crippen LogP contribution in [-0.4, -0.2) is 11.0 Å². The molecule has 0 heterocycles. The minimum absolute atomic E-state index is 0.0355. The molecule has 0 aliphatic heterocycles. The summed E-state index contributed by atoms with van der Waals surface area (Å²) >= 11 is 5.02. The molecule has 0 aliphatic carbocycles. The van der Waals surface area contributed by atoms with Gasteiger partial charge in [0.25, 0.3) is 5.91 Å². The van der Waals surface area contributed by atoms with E-state index >= 15 is 0 Å². The maximum atomic E-state index is 13.7. The molecule has 0 atom stereocenters. The maximum Gasteiger partial charge on any atom is 0.257 e. The van der Waals surface area contributed by atoms with Crippen LogP contribution in [0.4, 0.5) is 14.5 Å². The van der Waals surface area contributed by atoms with Gasteiger partial charge in [-0.15, -0.1) is 0 Å². The third-order valence-electron chi connectivity index (χ3n) is 3.75. The molecule has 0 saturated carbocycles. The summed E-state index contributed by atoms with van der Waals surface area (Å²) in [6.07, 6.45) is 0. The second-order valence-electron chi connectivity index (χ2n) is 5.83. The number of benzene rings is 3. The SMILES string of the molecule is O=C(NC(=S)Nc1ccc(F)cc1F)c1cccc(OCc2ccccc2)c1. The topological polar surface area (TPSA) is 50.4 Å². The van der Waals surface area contributed by atoms with E-state index in [0.29, 0.717) is 17.9 Å². The summed E-state index contributed by atoms with van der Waals surface area (Å²) in [5, 5.41) is 4.87. The Kier molecular flexibility index (Phi) is 6.29. The van der Waals surface area contributed by atoms with E-state index in [1.165, 1.54) is 6.07 Å². The Labute approximate surface area is 166 Å². The summed E-state index contributed by atoms with van der Waals surface area (Å²) in [6.45, 7) is 0.371. The van der Waals surface area contributed by atoms with Crippen LogP contribution < -0.4 is 15.4 Å². The fraction of sp³-hybridized carbons (Fsp3) is 0.0476. The van der Waals surface area contributed by atoms with E-state index in [-0.39, 0.29) is 10.8 Å². The van der Waals surface area contributed by atoms with Gasteiger partial charge in [-0.2, -0.15) is 0 Å². The van der Waals surface area contributed by atoms with Crippen LogP contribution in [-0.2, 0) is 6.61 Å². The monoisotopic (exact) mass is 398 g/mol. The highest BCUT2D eigenvalue weighted by molar-refractivity contribution is 7.80. The molecule has 0 aromatic heterocycles. The normalized spacial score (nSPS) is 10.2. The van der Waals surface area contributed by atoms with Crippen molar-refractivity contribution in [3.8, 4) is 5.75 Å². The third-order valence-corrected chi connectivity index (χ3v) is 3.96. The largest absolute Gasteiger partial charge is 0.489 e. The molecule has 0 fully saturated rings. The first-order chi connectivity index (χ1) is 13.5. The molecular weight excluding hydrogens is 382 g/mol. The summed E-state index contributed by atoms with van der Waals surface area (Å²) in [5.74, 6) is -1.47. The summed E-state index contributed by atoms with van der Waals surface area (Å²) in [4.78, 5) is 12.4. The van der Waals surface area contributed by atoms with Crippen molar-refractivity contribution in [1.29, 1.82) is 0 Å². The van der Waals surface area contributed by atoms with Crippen LogP contribution in [0, 0.1) is 11.6 Å². The number of nitrogens with one attached hydrogen (secondary N) is 2. The van der Waals surface area contributed by atoms with Crippen LogP contribution in [0.3, 0.4) is 0 Å². The lowest BCUT2D eigenvalue weighted by atomic mass is 10.2. The Balaban J connectivity index is 1.60. The number of thiocarbonyl (C=S) groups is 1. The Morgan fingerprint density at radius 3 is 2.50 bits per heavy atom. The van der Waals surface area contributed by atoms with E-state index in [2.05, 4.69) is 10.6 Å². The number of ether oxygens (including phenoxy) is 1. The van der Waals surface area contributed by atoms with Gasteiger partial charge < -0.3 is 10.1 Å². The van der Waals surface area contributed by atoms with Crippen molar-refractivity contribution in [1.82, 2.24) is 5.32 Å². The molecule has 4 nitrogen and oxygen atoms in total. The number of hydrogen-bond donors (Lipinski definition) is 2. The fourth-order valence-electron chi connectivity index (χ4n) is 2.39. The van der Waals surface area contributed by atoms with Crippen molar-refractivity contribution in [3.63, 3.8) is 0 Å². The first kappa shape index (κ1) is 19.4. The molecule has 0 spiro atoms. The van der Waals surface area contributed by atoms with Gasteiger partial charge in [-0.25, -0.2) is 8.78 Å². The predicted octanol–water partition coefficient (Wildman–Crippen LogP) is 4.67. The summed E-state index contributed by atoms with van der Waals surface area (Å²) in [6, 6.07) is 19.3. The second-order valence-corrected chi connectivity index (χ2v) is 6.24. The smallest absolute Gasteiger partial charge is 0.257 e. The molecule has 0 bridgehead atoms. The van der Waals surface area contributed by atoms with Crippen molar-refractivity contribution in [2.75, 3.05) is 5.32 Å². The molecule has 0 saturated heterocycles. The molecule has 3 aromatic carbocycles. The van der Waals surface area contributed by atoms with Crippen molar-refractivity contribution < 1.29 is 18.3 Å². The lowest BCUT2D eigenvalue weighted by molar-refractivity contribution is 0.0977. The molecule has 28 heavy (non-hydrogen) atoms. The second kappa shape index (κ2) is 9.05. The molecule has 0 aliphatic rings. The van der Waals surface area contributed by atoms with E-state index in [1.54, 1.807) is 24.3 Å². The highest BCUT2D eigenvalue weighted by Gasteiger charge is 2.11. The first-order valence-electron chi connectivity index (χ1n) is 8.35. The van der Waals surface area contributed by atoms with Crippen LogP contribution in [0.5, 0.6) is 5.75 Å². The maximum absolute atomic E-state index is 13.7. The molecule has 3 rings (SSSR count). The van der Waals surface area contributed by atoms with Gasteiger partial charge in [0.15, 0.2) is 5.11 Å². The summed E-state index contributed by atoms with van der Waals surface area (Å²) in [5.41, 5.74) is 1.30. The Morgan fingerprint density at radius 1 is 0.964 bits per heavy atom. The highest BCUT2D eigenvalue weighted by atomic mass is 32.1. The van der Waals surface area contributed by atoms with E-state index < -0.39 is 17.5 Å². The molecule has 142 valence electrons. The zero-order chi connectivity index (χ0) is 19.9. The highest BCUT2D eigenvalue weighted by Crippen LogP contribution is 2.16. The van der Waals surface area contributed by atoms with Crippen LogP contribution in [0.15, 0.2) is 72.8 Å². The van der Waals surface area contributed by atoms with Crippen molar-refractivity contribution in [2.45, 2.75) is 6.61 Å². The van der Waals surface area contributed by atoms with E-state index in [9.17, 15) is 13.6 Å². The standard InChI is InChI=1S/C21H16F2N2O2S/c22-16-9-10-19(18(23)12-16)24-21(28)25-20(26)15-7-4-8-17(11-15)27-13-14-5-2-1-3-6-14/h1-12H,13H2,(H2,24,25,26,28). The first-order valence-corrected chi connectivity index (χ1v) is 8.76. The molecule has 2 N–H and O–H groups in total. The number of amides is 1. The van der Waals surface area contributed by atoms with Crippen LogP contribution >= 0.6 is 12.2 Å². The lowest BCUT2D eigenvalue weighted by Gasteiger charge is -2.11. The number of hydrogen-bond acceptors (Lipinski definition) is 3. The Hall–Kier alpha value is -3.32. The number of carbonyl (C=O) groups is 1. The van der Waals surface area contributed by atoms with Gasteiger partial charge in [-0.1, -0.05) is 36.4 Å². The average molecular weight is 398 g/mol. The zero-order valence-corrected chi connectivity index (χ0v) is 15.4. The van der Waals surface area contributed by atoms with Crippen LogP contribution in [0.1, 0.15) is 15.9 Å². The summed E-state index contributed by atoms with van der Waals surface area (Å²) < 4.78 is 32.3. The average Bonchev–Trinajstić information content (AvgIpc) is 2.69. The fourth-order valence-corrected chi connectivity index (χ4v) is 2.59. The minimum atomic E-state index is -0.812. The van der Waals surface area contributed by atoms with Gasteiger partial charge in [0.2, 0.25) is 0 Å². The number of rotatable bonds is 5. The number of carbonyl (C=O) groups excluding carboxylic acids is 1. The van der Waals surface area contributed by atoms with Crippen molar-refractivity contribution in [3.05, 3.63) is 95.6 Å². The molecule has 3 aromatic rings. The lowest BCUT2D eigenvalue weighted by Crippen LogP contribution is -2.34. The van der Waals surface area contributed by atoms with Gasteiger partial charge >= 0.3 is 0 Å². The Bertz CT molecular complexity index is 997. The van der Waals surface area contributed by atoms with Crippen molar-refractivity contribution in [2.24, 2.45) is 0 Å². The van der Waals surface area contributed by atoms with E-state index in [1.807, 2.05) is 30.3 Å². The van der Waals surface area contributed by atoms with Gasteiger partial charge in [0.05, 0.1) is 5.69 Å². The number of anilines is 1. The van der Waals surface area contributed by atoms with Crippen molar-refractivity contribution >= 4 is 28.9 Å². The quantitative estimate of drug-likeness (QED) is 0.614. The molecule has 0 radical (unpaired) electrons. The van der Waals surface area contributed by atoms with E-state index in [4.69, 9.17) is 17.0 Å². The minimum Gasteiger partial charge on any atom is -0.489 e. The van der Waals surface area contributed by atoms with Crippen LogP contribution in [0.25, 0.3) is 0 Å². The predicted molar refractivity (Wildman–Crippen MR) is 107 cm³/mol. The molecule has 7 heteroatoms. The summed E-state index contributed by atoms with van der Waals surface area (Å²) in [7, 11) is 0.